The van der Waals surface area contributed by atoms with E-state index >= 15 is 0 Å². The Morgan fingerprint density at radius 1 is 1.18 bits per heavy atom. The third-order valence-corrected chi connectivity index (χ3v) is 6.34. The second-order valence-electron chi connectivity index (χ2n) is 7.59. The number of amidine groups is 1. The van der Waals surface area contributed by atoms with Crippen molar-refractivity contribution in [3.63, 3.8) is 0 Å². The van der Waals surface area contributed by atoms with Gasteiger partial charge in [-0.3, -0.25) is 18.5 Å². The zero-order valence-corrected chi connectivity index (χ0v) is 20.0. The van der Waals surface area contributed by atoms with E-state index in [1.54, 1.807) is 34.7 Å². The fourth-order valence-electron chi connectivity index (χ4n) is 3.65. The lowest BCUT2D eigenvalue weighted by Crippen LogP contribution is -2.40. The molecule has 3 heterocycles. The van der Waals surface area contributed by atoms with Gasteiger partial charge in [-0.15, -0.1) is 0 Å². The van der Waals surface area contributed by atoms with E-state index in [4.69, 9.17) is 11.6 Å². The summed E-state index contributed by atoms with van der Waals surface area (Å²) in [6, 6.07) is 10.9. The molecular formula is C22H22ClF3N6OS. The summed E-state index contributed by atoms with van der Waals surface area (Å²) in [6.07, 6.45) is 2.27. The van der Waals surface area contributed by atoms with Crippen LogP contribution in [0.1, 0.15) is 35.6 Å². The fourth-order valence-corrected chi connectivity index (χ4v) is 4.40. The number of benzene rings is 1. The number of aryl methyl sites for hydroxylation is 1. The van der Waals surface area contributed by atoms with Gasteiger partial charge in [0.05, 0.1) is 41.4 Å². The van der Waals surface area contributed by atoms with Crippen LogP contribution in [0.4, 0.5) is 18.9 Å². The predicted octanol–water partition coefficient (Wildman–Crippen LogP) is 5.10. The number of alkyl halides is 3. The second-order valence-corrected chi connectivity index (χ2v) is 9.12. The number of hydrogen-bond donors (Lipinski definition) is 1. The minimum atomic E-state index is -4.35. The Hall–Kier alpha value is -2.92. The lowest BCUT2D eigenvalue weighted by molar-refractivity contribution is -0.0352. The number of imidazole rings is 1. The molecule has 34 heavy (non-hydrogen) atoms. The zero-order chi connectivity index (χ0) is 24.5. The van der Waals surface area contributed by atoms with Gasteiger partial charge in [-0.1, -0.05) is 30.7 Å². The molecule has 4 rings (SSSR count). The largest absolute Gasteiger partial charge is 0.461 e. The first-order valence-corrected chi connectivity index (χ1v) is 11.7. The number of fused-ring (bicyclic) bond motifs is 1. The van der Waals surface area contributed by atoms with E-state index < -0.39 is 5.51 Å². The number of hydrogen-bond acceptors (Lipinski definition) is 6. The van der Waals surface area contributed by atoms with Crippen LogP contribution in [0.25, 0.3) is 5.65 Å². The van der Waals surface area contributed by atoms with E-state index in [-0.39, 0.29) is 30.2 Å². The molecule has 180 valence electrons. The molecular weight excluding hydrogens is 489 g/mol. The average Bonchev–Trinajstić information content (AvgIpc) is 3.16. The molecule has 1 aliphatic rings. The molecule has 12 heteroatoms. The second kappa shape index (κ2) is 9.75. The molecule has 0 fully saturated rings. The molecule has 1 aliphatic heterocycles. The Morgan fingerprint density at radius 2 is 1.91 bits per heavy atom. The number of carbonyl (C=O) groups is 1. The number of rotatable bonds is 6. The van der Waals surface area contributed by atoms with Gasteiger partial charge in [-0.25, -0.2) is 4.98 Å². The van der Waals surface area contributed by atoms with Crippen LogP contribution in [0.2, 0.25) is 5.02 Å². The molecule has 1 amide bonds. The number of nitrogens with zero attached hydrogens (tertiary/aromatic N) is 5. The summed E-state index contributed by atoms with van der Waals surface area (Å²) in [4.78, 5) is 17.4. The van der Waals surface area contributed by atoms with Crippen LogP contribution in [0.3, 0.4) is 0 Å². The summed E-state index contributed by atoms with van der Waals surface area (Å²) in [5.41, 5.74) is -0.925. The van der Waals surface area contributed by atoms with Crippen LogP contribution in [0, 0.1) is 0 Å². The van der Waals surface area contributed by atoms with Gasteiger partial charge in [0.15, 0.2) is 0 Å². The van der Waals surface area contributed by atoms with E-state index in [0.717, 1.165) is 15.6 Å². The first-order valence-electron chi connectivity index (χ1n) is 10.5. The third kappa shape index (κ3) is 5.41. The van der Waals surface area contributed by atoms with Crippen molar-refractivity contribution in [2.75, 3.05) is 18.1 Å². The highest BCUT2D eigenvalue weighted by molar-refractivity contribution is 7.98. The third-order valence-electron chi connectivity index (χ3n) is 5.25. The van der Waals surface area contributed by atoms with Crippen molar-refractivity contribution in [2.45, 2.75) is 32.3 Å². The maximum absolute atomic E-state index is 12.9. The van der Waals surface area contributed by atoms with E-state index in [9.17, 15) is 18.0 Å². The summed E-state index contributed by atoms with van der Waals surface area (Å²) in [5, 5.41) is 9.37. The number of aromatic nitrogens is 2. The smallest absolute Gasteiger partial charge is 0.347 e. The molecule has 0 spiro atoms. The van der Waals surface area contributed by atoms with Gasteiger partial charge in [0.1, 0.15) is 17.2 Å². The monoisotopic (exact) mass is 510 g/mol. The zero-order valence-electron chi connectivity index (χ0n) is 18.4. The molecule has 3 aromatic rings. The van der Waals surface area contributed by atoms with Crippen LogP contribution in [0.15, 0.2) is 47.7 Å². The van der Waals surface area contributed by atoms with Crippen molar-refractivity contribution in [3.05, 3.63) is 64.6 Å². The summed E-state index contributed by atoms with van der Waals surface area (Å²) >= 11 is 5.92. The highest BCUT2D eigenvalue weighted by atomic mass is 35.5. The minimum absolute atomic E-state index is 0.180. The molecule has 0 saturated carbocycles. The van der Waals surface area contributed by atoms with Gasteiger partial charge in [0.2, 0.25) is 0 Å². The van der Waals surface area contributed by atoms with Crippen molar-refractivity contribution < 1.29 is 18.0 Å². The van der Waals surface area contributed by atoms with Crippen LogP contribution >= 0.6 is 23.5 Å². The molecule has 0 saturated heterocycles. The number of amides is 1. The molecule has 2 aromatic heterocycles. The van der Waals surface area contributed by atoms with Crippen LogP contribution < -0.4 is 10.3 Å². The fraction of sp³-hybridized carbons (Fsp3) is 0.318. The van der Waals surface area contributed by atoms with Crippen LogP contribution in [-0.4, -0.2) is 44.0 Å². The topological polar surface area (TPSA) is 65.2 Å². The first-order chi connectivity index (χ1) is 16.1. The average molecular weight is 511 g/mol. The normalized spacial score (nSPS) is 14.5. The molecule has 7 nitrogen and oxygen atoms in total. The van der Waals surface area contributed by atoms with Gasteiger partial charge < -0.3 is 5.32 Å². The predicted molar refractivity (Wildman–Crippen MR) is 128 cm³/mol. The lowest BCUT2D eigenvalue weighted by atomic mass is 10.2. The van der Waals surface area contributed by atoms with Crippen molar-refractivity contribution >= 4 is 46.6 Å². The van der Waals surface area contributed by atoms with E-state index in [1.165, 1.54) is 0 Å². The van der Waals surface area contributed by atoms with Crippen LogP contribution in [0.5, 0.6) is 0 Å². The number of nitrogens with one attached hydrogen (secondary N) is 1. The Morgan fingerprint density at radius 3 is 2.56 bits per heavy atom. The number of halogens is 4. The molecule has 0 atom stereocenters. The molecule has 0 aliphatic carbocycles. The lowest BCUT2D eigenvalue weighted by Gasteiger charge is -2.32. The Kier molecular flexibility index (Phi) is 6.94. The van der Waals surface area contributed by atoms with Crippen molar-refractivity contribution in [1.29, 1.82) is 0 Å². The standard InChI is InChI=1S/C22H22ClF3N6OS/c1-3-18-20(30-13-16(23)6-9-19(30)28-18)21(33)27-12-15-4-7-17(8-5-15)31-10-11-32(14(2)29-31)34-22(24,25)26/h4-9,13H,3,10-12H2,1-2H3,(H,27,33). The van der Waals surface area contributed by atoms with Crippen LogP contribution in [-0.2, 0) is 13.0 Å². The Bertz CT molecular complexity index is 1230. The number of hydrazone groups is 1. The van der Waals surface area contributed by atoms with Crippen molar-refractivity contribution in [1.82, 2.24) is 19.0 Å². The highest BCUT2D eigenvalue weighted by Crippen LogP contribution is 2.34. The molecule has 0 bridgehead atoms. The SMILES string of the molecule is CCc1nc2ccc(Cl)cn2c1C(=O)NCc1ccc(N2CCN(SC(F)(F)F)C(C)=N2)cc1. The van der Waals surface area contributed by atoms with Gasteiger partial charge in [0.25, 0.3) is 5.91 Å². The highest BCUT2D eigenvalue weighted by Gasteiger charge is 2.34. The van der Waals surface area contributed by atoms with Crippen molar-refractivity contribution in [2.24, 2.45) is 5.10 Å². The molecule has 1 N–H and O–H groups in total. The van der Waals surface area contributed by atoms with Gasteiger partial charge in [0, 0.05) is 12.7 Å². The molecule has 0 unspecified atom stereocenters. The summed E-state index contributed by atoms with van der Waals surface area (Å²) in [6.45, 7) is 4.30. The van der Waals surface area contributed by atoms with Crippen molar-refractivity contribution in [3.8, 4) is 0 Å². The summed E-state index contributed by atoms with van der Waals surface area (Å²) in [7, 11) is 0. The minimum Gasteiger partial charge on any atom is -0.347 e. The van der Waals surface area contributed by atoms with E-state index in [0.29, 0.717) is 41.6 Å². The molecule has 0 radical (unpaired) electrons. The number of anilines is 1. The molecule has 1 aromatic carbocycles. The maximum Gasteiger partial charge on any atom is 0.461 e. The van der Waals surface area contributed by atoms with E-state index in [1.807, 2.05) is 31.2 Å². The van der Waals surface area contributed by atoms with Gasteiger partial charge in [-0.05, 0) is 43.2 Å². The Balaban J connectivity index is 1.42. The summed E-state index contributed by atoms with van der Waals surface area (Å²) < 4.78 is 40.8. The van der Waals surface area contributed by atoms with Gasteiger partial charge >= 0.3 is 5.51 Å². The Labute approximate surface area is 203 Å². The van der Waals surface area contributed by atoms with E-state index in [2.05, 4.69) is 15.4 Å². The summed E-state index contributed by atoms with van der Waals surface area (Å²) in [5.74, 6) is 0.0268. The quantitative estimate of drug-likeness (QED) is 0.467. The maximum atomic E-state index is 12.9. The first kappa shape index (κ1) is 24.2. The van der Waals surface area contributed by atoms with Gasteiger partial charge in [-0.2, -0.15) is 18.3 Å². The number of pyridine rings is 1. The number of carbonyl (C=O) groups excluding carboxylic acids is 1.